The molecule has 0 saturated carbocycles. The van der Waals surface area contributed by atoms with Gasteiger partial charge in [0.25, 0.3) is 0 Å². The lowest BCUT2D eigenvalue weighted by atomic mass is 10.2. The van der Waals surface area contributed by atoms with Crippen molar-refractivity contribution in [3.05, 3.63) is 22.7 Å². The highest BCUT2D eigenvalue weighted by atomic mass is 79.9. The number of sulfone groups is 1. The lowest BCUT2D eigenvalue weighted by Crippen LogP contribution is -2.40. The molecule has 0 atom stereocenters. The third-order valence-electron chi connectivity index (χ3n) is 2.60. The Morgan fingerprint density at radius 2 is 1.94 bits per heavy atom. The van der Waals surface area contributed by atoms with Gasteiger partial charge in [-0.2, -0.15) is 0 Å². The maximum absolute atomic E-state index is 12.3. The van der Waals surface area contributed by atoms with E-state index in [0.717, 1.165) is 13.8 Å². The molecule has 0 spiro atoms. The molecule has 5 nitrogen and oxygen atoms in total. The zero-order valence-electron chi connectivity index (χ0n) is 10.1. The van der Waals surface area contributed by atoms with Crippen LogP contribution in [0.25, 0.3) is 0 Å². The molecular weight excluding hydrogens is 324 g/mol. The van der Waals surface area contributed by atoms with Gasteiger partial charge >= 0.3 is 5.97 Å². The highest BCUT2D eigenvalue weighted by Gasteiger charge is 2.44. The molecule has 0 amide bonds. The van der Waals surface area contributed by atoms with Crippen molar-refractivity contribution in [2.75, 3.05) is 7.11 Å². The minimum atomic E-state index is -4.06. The van der Waals surface area contributed by atoms with E-state index in [1.54, 1.807) is 6.07 Å². The van der Waals surface area contributed by atoms with Gasteiger partial charge in [0, 0.05) is 4.47 Å². The number of hydrogen-bond acceptors (Lipinski definition) is 4. The van der Waals surface area contributed by atoms with E-state index >= 15 is 0 Å². The molecule has 0 aromatic heterocycles. The molecule has 0 bridgehead atoms. The average Bonchev–Trinajstić information content (AvgIpc) is 2.28. The molecule has 0 saturated heterocycles. The first-order valence-electron chi connectivity index (χ1n) is 4.96. The fourth-order valence-corrected chi connectivity index (χ4v) is 3.24. The van der Waals surface area contributed by atoms with Gasteiger partial charge in [0.05, 0.1) is 7.11 Å². The molecule has 7 heteroatoms. The number of hydrogen-bond donors (Lipinski definition) is 1. The zero-order chi connectivity index (χ0) is 14.1. The van der Waals surface area contributed by atoms with Crippen LogP contribution >= 0.6 is 15.9 Å². The Balaban J connectivity index is 3.56. The van der Waals surface area contributed by atoms with E-state index in [1.165, 1.54) is 19.2 Å². The van der Waals surface area contributed by atoms with Crippen LogP contribution in [0.3, 0.4) is 0 Å². The molecular formula is C11H13BrO5S. The second kappa shape index (κ2) is 4.89. The minimum absolute atomic E-state index is 0.118. The van der Waals surface area contributed by atoms with Crippen LogP contribution in [0.1, 0.15) is 13.8 Å². The Morgan fingerprint density at radius 3 is 2.39 bits per heavy atom. The maximum atomic E-state index is 12.3. The summed E-state index contributed by atoms with van der Waals surface area (Å²) >= 11 is 3.15. The van der Waals surface area contributed by atoms with Crippen LogP contribution in [0.15, 0.2) is 27.6 Å². The molecule has 100 valence electrons. The molecule has 0 radical (unpaired) electrons. The predicted molar refractivity (Wildman–Crippen MR) is 69.6 cm³/mol. The molecule has 0 heterocycles. The summed E-state index contributed by atoms with van der Waals surface area (Å²) in [5.41, 5.74) is 0. The number of methoxy groups -OCH3 is 1. The monoisotopic (exact) mass is 336 g/mol. The van der Waals surface area contributed by atoms with Gasteiger partial charge in [0.1, 0.15) is 10.6 Å². The molecule has 1 N–H and O–H groups in total. The van der Waals surface area contributed by atoms with Gasteiger partial charge in [-0.15, -0.1) is 0 Å². The van der Waals surface area contributed by atoms with Gasteiger partial charge in [-0.3, -0.25) is 4.79 Å². The summed E-state index contributed by atoms with van der Waals surface area (Å²) in [5.74, 6) is -1.29. The third kappa shape index (κ3) is 2.37. The van der Waals surface area contributed by atoms with E-state index in [4.69, 9.17) is 9.84 Å². The second-order valence-corrected chi connectivity index (χ2v) is 7.50. The highest BCUT2D eigenvalue weighted by molar-refractivity contribution is 9.10. The van der Waals surface area contributed by atoms with Crippen LogP contribution in [-0.4, -0.2) is 31.4 Å². The summed E-state index contributed by atoms with van der Waals surface area (Å²) in [6, 6.07) is 4.42. The first-order valence-corrected chi connectivity index (χ1v) is 7.23. The molecule has 0 fully saturated rings. The van der Waals surface area contributed by atoms with Crippen molar-refractivity contribution in [1.82, 2.24) is 0 Å². The molecule has 0 aliphatic carbocycles. The Kier molecular flexibility index (Phi) is 4.07. The number of carbonyl (C=O) groups is 1. The second-order valence-electron chi connectivity index (χ2n) is 4.11. The van der Waals surface area contributed by atoms with Gasteiger partial charge in [0.15, 0.2) is 14.6 Å². The smallest absolute Gasteiger partial charge is 0.324 e. The average molecular weight is 337 g/mol. The molecule has 0 aliphatic heterocycles. The van der Waals surface area contributed by atoms with Crippen LogP contribution in [0.5, 0.6) is 5.75 Å². The fraction of sp³-hybridized carbons (Fsp3) is 0.364. The molecule has 0 unspecified atom stereocenters. The van der Waals surface area contributed by atoms with Crippen molar-refractivity contribution in [2.24, 2.45) is 0 Å². The van der Waals surface area contributed by atoms with E-state index in [0.29, 0.717) is 4.47 Å². The summed E-state index contributed by atoms with van der Waals surface area (Å²) in [5, 5.41) is 9.04. The quantitative estimate of drug-likeness (QED) is 0.910. The van der Waals surface area contributed by atoms with Gasteiger partial charge in [-0.25, -0.2) is 8.42 Å². The lowest BCUT2D eigenvalue weighted by Gasteiger charge is -2.21. The maximum Gasteiger partial charge on any atom is 0.324 e. The fourth-order valence-electron chi connectivity index (χ4n) is 1.25. The lowest BCUT2D eigenvalue weighted by molar-refractivity contribution is -0.139. The number of halogens is 1. The summed E-state index contributed by atoms with van der Waals surface area (Å²) in [6.07, 6.45) is 0. The van der Waals surface area contributed by atoms with Crippen LogP contribution in [-0.2, 0) is 14.6 Å². The molecule has 0 aliphatic rings. The van der Waals surface area contributed by atoms with Crippen molar-refractivity contribution in [3.63, 3.8) is 0 Å². The van der Waals surface area contributed by atoms with Gasteiger partial charge < -0.3 is 9.84 Å². The number of aliphatic carboxylic acids is 1. The topological polar surface area (TPSA) is 80.7 Å². The van der Waals surface area contributed by atoms with E-state index in [9.17, 15) is 13.2 Å². The van der Waals surface area contributed by atoms with Crippen LogP contribution in [0.2, 0.25) is 0 Å². The van der Waals surface area contributed by atoms with E-state index in [-0.39, 0.29) is 10.6 Å². The summed E-state index contributed by atoms with van der Waals surface area (Å²) in [4.78, 5) is 10.9. The van der Waals surface area contributed by atoms with Crippen LogP contribution in [0.4, 0.5) is 0 Å². The molecule has 1 aromatic rings. The molecule has 1 aromatic carbocycles. The Bertz CT molecular complexity index is 577. The van der Waals surface area contributed by atoms with Crippen molar-refractivity contribution < 1.29 is 23.1 Å². The number of ether oxygens (including phenoxy) is 1. The van der Waals surface area contributed by atoms with Gasteiger partial charge in [-0.1, -0.05) is 15.9 Å². The third-order valence-corrected chi connectivity index (χ3v) is 5.51. The molecule has 1 rings (SSSR count). The van der Waals surface area contributed by atoms with E-state index < -0.39 is 20.6 Å². The summed E-state index contributed by atoms with van der Waals surface area (Å²) in [7, 11) is -2.73. The molecule has 18 heavy (non-hydrogen) atoms. The number of carboxylic acid groups (broad SMARTS) is 1. The Hall–Kier alpha value is -1.08. The van der Waals surface area contributed by atoms with E-state index in [2.05, 4.69) is 15.9 Å². The van der Waals surface area contributed by atoms with Crippen molar-refractivity contribution in [2.45, 2.75) is 23.5 Å². The highest BCUT2D eigenvalue weighted by Crippen LogP contribution is 2.34. The zero-order valence-corrected chi connectivity index (χ0v) is 12.5. The Labute approximate surface area is 114 Å². The predicted octanol–water partition coefficient (Wildman–Crippen LogP) is 2.09. The van der Waals surface area contributed by atoms with Crippen LogP contribution < -0.4 is 4.74 Å². The van der Waals surface area contributed by atoms with Crippen molar-refractivity contribution in [1.29, 1.82) is 0 Å². The normalized spacial score (nSPS) is 12.2. The summed E-state index contributed by atoms with van der Waals surface area (Å²) in [6.45, 7) is 2.29. The minimum Gasteiger partial charge on any atom is -0.495 e. The summed E-state index contributed by atoms with van der Waals surface area (Å²) < 4.78 is 28.3. The largest absolute Gasteiger partial charge is 0.495 e. The first-order chi connectivity index (χ1) is 8.14. The number of rotatable bonds is 4. The van der Waals surface area contributed by atoms with Crippen LogP contribution in [0, 0.1) is 0 Å². The van der Waals surface area contributed by atoms with E-state index in [1.807, 2.05) is 0 Å². The van der Waals surface area contributed by atoms with Crippen molar-refractivity contribution in [3.8, 4) is 5.75 Å². The SMILES string of the molecule is COc1ccc(Br)cc1S(=O)(=O)C(C)(C)C(=O)O. The van der Waals surface area contributed by atoms with Gasteiger partial charge in [0.2, 0.25) is 0 Å². The number of benzene rings is 1. The van der Waals surface area contributed by atoms with Gasteiger partial charge in [-0.05, 0) is 32.0 Å². The Morgan fingerprint density at radius 1 is 1.39 bits per heavy atom. The van der Waals surface area contributed by atoms with Crippen molar-refractivity contribution >= 4 is 31.7 Å². The first kappa shape index (κ1) is 15.0. The number of carboxylic acids is 1. The standard InChI is InChI=1S/C11H13BrO5S/c1-11(2,10(13)14)18(15,16)9-6-7(12)4-5-8(9)17-3/h4-6H,1-3H3,(H,13,14).